The maximum atomic E-state index is 12.9. The van der Waals surface area contributed by atoms with Crippen LogP contribution in [0.4, 0.5) is 5.82 Å². The van der Waals surface area contributed by atoms with Crippen LogP contribution in [0.2, 0.25) is 5.02 Å². The molecule has 3 N–H and O–H groups in total. The lowest BCUT2D eigenvalue weighted by atomic mass is 10.0. The molecule has 0 spiro atoms. The van der Waals surface area contributed by atoms with Gasteiger partial charge in [0.2, 0.25) is 5.91 Å². The Morgan fingerprint density at radius 2 is 1.91 bits per heavy atom. The molecule has 4 atom stereocenters. The fourth-order valence-corrected chi connectivity index (χ4v) is 4.73. The van der Waals surface area contributed by atoms with Gasteiger partial charge < -0.3 is 20.6 Å². The number of fused-ring (bicyclic) bond motifs is 1. The zero-order valence-electron chi connectivity index (χ0n) is 18.1. The van der Waals surface area contributed by atoms with Gasteiger partial charge in [0.25, 0.3) is 0 Å². The Kier molecular flexibility index (Phi) is 9.14. The van der Waals surface area contributed by atoms with E-state index in [1.165, 1.54) is 6.33 Å². The molecule has 4 rings (SSSR count). The van der Waals surface area contributed by atoms with E-state index >= 15 is 0 Å². The predicted octanol–water partition coefficient (Wildman–Crippen LogP) is 3.12. The van der Waals surface area contributed by atoms with Crippen LogP contribution < -0.4 is 10.6 Å². The average molecular weight is 503 g/mol. The minimum Gasteiger partial charge on any atom is -0.387 e. The molecule has 1 aliphatic carbocycles. The van der Waals surface area contributed by atoms with Gasteiger partial charge in [0.1, 0.15) is 12.1 Å². The molecule has 32 heavy (non-hydrogen) atoms. The second-order valence-electron chi connectivity index (χ2n) is 8.41. The highest BCUT2D eigenvalue weighted by atomic mass is 35.5. The molecule has 7 nitrogen and oxygen atoms in total. The minimum atomic E-state index is -0.580. The second kappa shape index (κ2) is 11.0. The van der Waals surface area contributed by atoms with Crippen LogP contribution in [0, 0.1) is 0 Å². The first-order valence-electron chi connectivity index (χ1n) is 10.4. The molecule has 1 aromatic carbocycles. The van der Waals surface area contributed by atoms with E-state index in [9.17, 15) is 9.90 Å². The van der Waals surface area contributed by atoms with E-state index in [4.69, 9.17) is 17.3 Å². The SMILES string of the molecule is C[C@@H]1C[C@@H](O)c2ncnc(N3CCN(C(=O)C(N)Cc4ccc(Cl)cc4)C[C@@H]3C)c21.Cl.Cl. The van der Waals surface area contributed by atoms with Crippen LogP contribution in [0.25, 0.3) is 0 Å². The molecular weight excluding hydrogens is 473 g/mol. The van der Waals surface area contributed by atoms with Gasteiger partial charge in [0.05, 0.1) is 17.8 Å². The Bertz CT molecular complexity index is 930. The maximum absolute atomic E-state index is 12.9. The van der Waals surface area contributed by atoms with Crippen LogP contribution in [0.3, 0.4) is 0 Å². The number of hydrogen-bond acceptors (Lipinski definition) is 6. The average Bonchev–Trinajstić information content (AvgIpc) is 3.03. The van der Waals surface area contributed by atoms with Gasteiger partial charge in [-0.2, -0.15) is 0 Å². The highest BCUT2D eigenvalue weighted by Crippen LogP contribution is 2.43. The molecule has 1 amide bonds. The summed E-state index contributed by atoms with van der Waals surface area (Å²) in [6, 6.07) is 6.95. The van der Waals surface area contributed by atoms with Gasteiger partial charge >= 0.3 is 0 Å². The zero-order valence-corrected chi connectivity index (χ0v) is 20.5. The number of anilines is 1. The highest BCUT2D eigenvalue weighted by molar-refractivity contribution is 6.30. The molecule has 2 heterocycles. The molecule has 0 radical (unpaired) electrons. The van der Waals surface area contributed by atoms with Crippen molar-refractivity contribution in [3.8, 4) is 0 Å². The number of carbonyl (C=O) groups is 1. The number of hydrogen-bond donors (Lipinski definition) is 2. The number of halogens is 3. The van der Waals surface area contributed by atoms with Gasteiger partial charge in [0.15, 0.2) is 0 Å². The Hall–Kier alpha value is -1.64. The fourth-order valence-electron chi connectivity index (χ4n) is 4.60. The number of aliphatic hydroxyl groups excluding tert-OH is 1. The van der Waals surface area contributed by atoms with Crippen molar-refractivity contribution in [2.45, 2.75) is 50.8 Å². The number of aromatic nitrogens is 2. The molecule has 1 aromatic heterocycles. The van der Waals surface area contributed by atoms with Gasteiger partial charge in [-0.3, -0.25) is 4.79 Å². The van der Waals surface area contributed by atoms with E-state index in [-0.39, 0.29) is 42.7 Å². The number of nitrogens with two attached hydrogens (primary N) is 1. The lowest BCUT2D eigenvalue weighted by Gasteiger charge is -2.42. The van der Waals surface area contributed by atoms with Gasteiger partial charge in [0, 0.05) is 36.3 Å². The van der Waals surface area contributed by atoms with Gasteiger partial charge in [-0.1, -0.05) is 30.7 Å². The minimum absolute atomic E-state index is 0. The normalized spacial score (nSPS) is 23.1. The molecule has 10 heteroatoms. The van der Waals surface area contributed by atoms with Crippen LogP contribution in [0.1, 0.15) is 49.1 Å². The molecule has 2 aromatic rings. The van der Waals surface area contributed by atoms with E-state index in [1.807, 2.05) is 29.2 Å². The molecule has 1 unspecified atom stereocenters. The van der Waals surface area contributed by atoms with Crippen molar-refractivity contribution in [3.63, 3.8) is 0 Å². The van der Waals surface area contributed by atoms with Crippen molar-refractivity contribution in [1.29, 1.82) is 0 Å². The number of piperazine rings is 1. The molecule has 0 saturated carbocycles. The first-order valence-corrected chi connectivity index (χ1v) is 10.8. The monoisotopic (exact) mass is 501 g/mol. The smallest absolute Gasteiger partial charge is 0.239 e. The number of amides is 1. The lowest BCUT2D eigenvalue weighted by Crippen LogP contribution is -2.57. The molecule has 176 valence electrons. The van der Waals surface area contributed by atoms with E-state index in [0.29, 0.717) is 37.5 Å². The standard InChI is InChI=1S/C22H28ClN5O2.2ClH/c1-13-9-18(29)20-19(13)21(26-12-25-20)28-8-7-27(11-14(28)2)22(30)17(24)10-15-3-5-16(23)6-4-15;;/h3-6,12-14,17-18,29H,7-11,24H2,1-2H3;2*1H/t13-,14+,17?,18-;;/m1../s1. The van der Waals surface area contributed by atoms with E-state index in [0.717, 1.165) is 22.6 Å². The number of carbonyl (C=O) groups excluding carboxylic acids is 1. The van der Waals surface area contributed by atoms with Gasteiger partial charge in [-0.15, -0.1) is 24.8 Å². The van der Waals surface area contributed by atoms with Crippen LogP contribution in [-0.2, 0) is 11.2 Å². The van der Waals surface area contributed by atoms with E-state index < -0.39 is 12.1 Å². The van der Waals surface area contributed by atoms with Crippen molar-refractivity contribution in [1.82, 2.24) is 14.9 Å². The molecule has 2 aliphatic rings. The molecule has 1 saturated heterocycles. The van der Waals surface area contributed by atoms with Crippen molar-refractivity contribution in [3.05, 3.63) is 52.4 Å². The van der Waals surface area contributed by atoms with Crippen LogP contribution >= 0.6 is 36.4 Å². The van der Waals surface area contributed by atoms with Gasteiger partial charge in [-0.25, -0.2) is 9.97 Å². The second-order valence-corrected chi connectivity index (χ2v) is 8.85. The third-order valence-corrected chi connectivity index (χ3v) is 6.43. The van der Waals surface area contributed by atoms with Crippen molar-refractivity contribution < 1.29 is 9.90 Å². The number of rotatable bonds is 4. The highest BCUT2D eigenvalue weighted by Gasteiger charge is 2.36. The van der Waals surface area contributed by atoms with Crippen LogP contribution in [-0.4, -0.2) is 57.6 Å². The van der Waals surface area contributed by atoms with Gasteiger partial charge in [-0.05, 0) is 43.4 Å². The summed E-state index contributed by atoms with van der Waals surface area (Å²) >= 11 is 5.93. The quantitative estimate of drug-likeness (QED) is 0.667. The van der Waals surface area contributed by atoms with Crippen LogP contribution in [0.15, 0.2) is 30.6 Å². The summed E-state index contributed by atoms with van der Waals surface area (Å²) in [7, 11) is 0. The fraction of sp³-hybridized carbons (Fsp3) is 0.500. The summed E-state index contributed by atoms with van der Waals surface area (Å²) in [4.78, 5) is 25.9. The Morgan fingerprint density at radius 1 is 1.22 bits per heavy atom. The zero-order chi connectivity index (χ0) is 21.4. The number of benzene rings is 1. The first-order chi connectivity index (χ1) is 14.3. The Morgan fingerprint density at radius 3 is 2.56 bits per heavy atom. The van der Waals surface area contributed by atoms with Crippen molar-refractivity contribution in [2.24, 2.45) is 5.73 Å². The molecule has 0 bridgehead atoms. The Balaban J connectivity index is 0.00000181. The summed E-state index contributed by atoms with van der Waals surface area (Å²) in [5.41, 5.74) is 9.00. The number of aliphatic hydroxyl groups is 1. The van der Waals surface area contributed by atoms with Crippen molar-refractivity contribution >= 4 is 48.1 Å². The summed E-state index contributed by atoms with van der Waals surface area (Å²) in [6.45, 7) is 6.04. The summed E-state index contributed by atoms with van der Waals surface area (Å²) in [5.74, 6) is 1.06. The molecule has 1 fully saturated rings. The van der Waals surface area contributed by atoms with E-state index in [2.05, 4.69) is 28.7 Å². The largest absolute Gasteiger partial charge is 0.387 e. The summed E-state index contributed by atoms with van der Waals surface area (Å²) in [6.07, 6.45) is 2.16. The topological polar surface area (TPSA) is 95.6 Å². The summed E-state index contributed by atoms with van der Waals surface area (Å²) in [5, 5.41) is 10.9. The summed E-state index contributed by atoms with van der Waals surface area (Å²) < 4.78 is 0. The lowest BCUT2D eigenvalue weighted by molar-refractivity contribution is -0.133. The molecule has 1 aliphatic heterocycles. The van der Waals surface area contributed by atoms with E-state index in [1.54, 1.807) is 0 Å². The van der Waals surface area contributed by atoms with Crippen LogP contribution in [0.5, 0.6) is 0 Å². The maximum Gasteiger partial charge on any atom is 0.239 e. The Labute approximate surface area is 206 Å². The third kappa shape index (κ3) is 5.29. The van der Waals surface area contributed by atoms with Crippen molar-refractivity contribution in [2.75, 3.05) is 24.5 Å². The third-order valence-electron chi connectivity index (χ3n) is 6.18. The predicted molar refractivity (Wildman–Crippen MR) is 131 cm³/mol. The molecular formula is C22H30Cl3N5O2. The first kappa shape index (κ1) is 26.6. The number of nitrogens with zero attached hydrogens (tertiary/aromatic N) is 4.